The van der Waals surface area contributed by atoms with Gasteiger partial charge in [0, 0.05) is 6.42 Å². The summed E-state index contributed by atoms with van der Waals surface area (Å²) in [6.07, 6.45) is 2.35. The van der Waals surface area contributed by atoms with Crippen LogP contribution in [-0.4, -0.2) is 21.4 Å². The number of hydrogen-bond acceptors (Lipinski definition) is 2. The van der Waals surface area contributed by atoms with Gasteiger partial charge in [0.1, 0.15) is 17.4 Å². The van der Waals surface area contributed by atoms with Crippen LogP contribution in [0.4, 0.5) is 8.78 Å². The Morgan fingerprint density at radius 1 is 0.970 bits per heavy atom. The summed E-state index contributed by atoms with van der Waals surface area (Å²) in [5, 5.41) is 9.28. The Hall–Kier alpha value is -3.22. The zero-order valence-corrected chi connectivity index (χ0v) is 18.8. The fourth-order valence-electron chi connectivity index (χ4n) is 3.99. The molecule has 3 nitrogen and oxygen atoms in total. The lowest BCUT2D eigenvalue weighted by atomic mass is 10.0. The van der Waals surface area contributed by atoms with Crippen LogP contribution in [0.5, 0.6) is 0 Å². The molecule has 168 valence electrons. The quantitative estimate of drug-likeness (QED) is 0.429. The summed E-state index contributed by atoms with van der Waals surface area (Å²) in [6, 6.07) is 18.0. The lowest BCUT2D eigenvalue weighted by molar-refractivity contribution is -0.135. The maximum Gasteiger partial charge on any atom is 0.307 e. The van der Waals surface area contributed by atoms with Crippen LogP contribution in [0, 0.1) is 11.6 Å². The SMILES string of the molecule is CC1=C(CC(=O)O)c2cc(F)ccc2/C1=C\c1ccc([S+]([O-])CCc2ccc(F)cc2)cc1. The number of fused-ring (bicyclic) bond motifs is 1. The van der Waals surface area contributed by atoms with E-state index in [4.69, 9.17) is 0 Å². The van der Waals surface area contributed by atoms with Gasteiger partial charge in [-0.05, 0) is 112 Å². The molecule has 0 fully saturated rings. The summed E-state index contributed by atoms with van der Waals surface area (Å²) in [4.78, 5) is 12.0. The molecule has 0 saturated carbocycles. The molecule has 1 aliphatic carbocycles. The normalized spacial score (nSPS) is 15.1. The molecule has 1 atom stereocenters. The molecule has 0 bridgehead atoms. The van der Waals surface area contributed by atoms with Crippen LogP contribution in [0.25, 0.3) is 17.2 Å². The molecule has 0 saturated heterocycles. The van der Waals surface area contributed by atoms with E-state index in [9.17, 15) is 23.2 Å². The number of benzene rings is 3. The van der Waals surface area contributed by atoms with Crippen molar-refractivity contribution in [1.82, 2.24) is 0 Å². The molecule has 0 aliphatic heterocycles. The minimum Gasteiger partial charge on any atom is -0.611 e. The van der Waals surface area contributed by atoms with E-state index in [-0.39, 0.29) is 12.2 Å². The fourth-order valence-corrected chi connectivity index (χ4v) is 5.09. The predicted molar refractivity (Wildman–Crippen MR) is 127 cm³/mol. The number of aliphatic carboxylic acids is 1. The lowest BCUT2D eigenvalue weighted by Crippen LogP contribution is -2.09. The number of hydrogen-bond donors (Lipinski definition) is 1. The third kappa shape index (κ3) is 5.24. The second-order valence-corrected chi connectivity index (χ2v) is 9.49. The van der Waals surface area contributed by atoms with Gasteiger partial charge in [-0.1, -0.05) is 18.2 Å². The standard InChI is InChI=1S/C27H22F2O3S/c1-17-24(23-11-8-21(29)15-26(23)25(17)16-27(30)31)14-19-4-9-22(10-5-19)33(32)13-12-18-2-6-20(28)7-3-18/h2-11,14-15H,12-13,16H2,1H3,(H,30,31)/b24-14-. The minimum absolute atomic E-state index is 0.175. The summed E-state index contributed by atoms with van der Waals surface area (Å²) >= 11 is -1.19. The van der Waals surface area contributed by atoms with Crippen molar-refractivity contribution in [3.05, 3.63) is 106 Å². The van der Waals surface area contributed by atoms with E-state index in [1.165, 1.54) is 24.3 Å². The van der Waals surface area contributed by atoms with Crippen LogP contribution < -0.4 is 0 Å². The summed E-state index contributed by atoms with van der Waals surface area (Å²) in [6.45, 7) is 1.85. The van der Waals surface area contributed by atoms with Crippen molar-refractivity contribution in [2.45, 2.75) is 24.7 Å². The van der Waals surface area contributed by atoms with E-state index in [2.05, 4.69) is 0 Å². The maximum absolute atomic E-state index is 13.8. The van der Waals surface area contributed by atoms with Gasteiger partial charge in [-0.2, -0.15) is 0 Å². The number of aryl methyl sites for hydroxylation is 1. The number of halogens is 2. The number of carbonyl (C=O) groups is 1. The van der Waals surface area contributed by atoms with Crippen LogP contribution >= 0.6 is 0 Å². The zero-order valence-electron chi connectivity index (χ0n) is 18.0. The zero-order chi connectivity index (χ0) is 23.5. The number of carboxylic acid groups (broad SMARTS) is 1. The van der Waals surface area contributed by atoms with Crippen LogP contribution in [0.3, 0.4) is 0 Å². The van der Waals surface area contributed by atoms with Crippen LogP contribution in [-0.2, 0) is 22.4 Å². The molecule has 1 N–H and O–H groups in total. The second-order valence-electron chi connectivity index (χ2n) is 7.92. The molecular weight excluding hydrogens is 442 g/mol. The van der Waals surface area contributed by atoms with Crippen molar-refractivity contribution in [2.24, 2.45) is 0 Å². The first-order valence-corrected chi connectivity index (χ1v) is 11.8. The average Bonchev–Trinajstić information content (AvgIpc) is 3.03. The van der Waals surface area contributed by atoms with Gasteiger partial charge in [0.15, 0.2) is 4.90 Å². The molecular formula is C27H22F2O3S. The van der Waals surface area contributed by atoms with Gasteiger partial charge in [0.25, 0.3) is 0 Å². The highest BCUT2D eigenvalue weighted by Gasteiger charge is 2.25. The van der Waals surface area contributed by atoms with Gasteiger partial charge in [-0.15, -0.1) is 0 Å². The van der Waals surface area contributed by atoms with Crippen LogP contribution in [0.15, 0.2) is 77.2 Å². The molecule has 4 rings (SSSR count). The highest BCUT2D eigenvalue weighted by atomic mass is 32.2. The molecule has 3 aromatic rings. The molecule has 0 heterocycles. The van der Waals surface area contributed by atoms with Gasteiger partial charge in [-0.3, -0.25) is 4.79 Å². The number of allylic oxidation sites excluding steroid dienone is 2. The largest absolute Gasteiger partial charge is 0.611 e. The first-order chi connectivity index (χ1) is 15.8. The molecule has 1 aliphatic rings. The van der Waals surface area contributed by atoms with Gasteiger partial charge < -0.3 is 9.66 Å². The Morgan fingerprint density at radius 2 is 1.64 bits per heavy atom. The van der Waals surface area contributed by atoms with Gasteiger partial charge >= 0.3 is 5.97 Å². The van der Waals surface area contributed by atoms with Crippen molar-refractivity contribution in [1.29, 1.82) is 0 Å². The van der Waals surface area contributed by atoms with Crippen molar-refractivity contribution >= 4 is 34.4 Å². The molecule has 33 heavy (non-hydrogen) atoms. The summed E-state index contributed by atoms with van der Waals surface area (Å²) in [5.41, 5.74) is 5.49. The monoisotopic (exact) mass is 464 g/mol. The first kappa shape index (κ1) is 23.0. The summed E-state index contributed by atoms with van der Waals surface area (Å²) < 4.78 is 39.5. The smallest absolute Gasteiger partial charge is 0.307 e. The summed E-state index contributed by atoms with van der Waals surface area (Å²) in [5.74, 6) is -1.23. The molecule has 6 heteroatoms. The molecule has 0 radical (unpaired) electrons. The molecule has 1 unspecified atom stereocenters. The van der Waals surface area contributed by atoms with Crippen molar-refractivity contribution in [3.8, 4) is 0 Å². The van der Waals surface area contributed by atoms with E-state index in [0.717, 1.165) is 27.8 Å². The Kier molecular flexibility index (Phi) is 6.77. The van der Waals surface area contributed by atoms with Gasteiger partial charge in [0.2, 0.25) is 0 Å². The third-order valence-electron chi connectivity index (χ3n) is 5.72. The first-order valence-electron chi connectivity index (χ1n) is 10.5. The third-order valence-corrected chi connectivity index (χ3v) is 7.10. The van der Waals surface area contributed by atoms with E-state index in [0.29, 0.717) is 28.2 Å². The molecule has 0 amide bonds. The number of rotatable bonds is 7. The minimum atomic E-state index is -1.19. The Labute approximate surface area is 194 Å². The van der Waals surface area contributed by atoms with Crippen molar-refractivity contribution in [3.63, 3.8) is 0 Å². The molecule has 3 aromatic carbocycles. The van der Waals surface area contributed by atoms with E-state index in [1.807, 2.05) is 37.3 Å². The van der Waals surface area contributed by atoms with Gasteiger partial charge in [-0.25, -0.2) is 8.78 Å². The maximum atomic E-state index is 13.8. The Bertz CT molecular complexity index is 1250. The van der Waals surface area contributed by atoms with Gasteiger partial charge in [0.05, 0.1) is 6.42 Å². The van der Waals surface area contributed by atoms with Crippen molar-refractivity contribution in [2.75, 3.05) is 5.75 Å². The summed E-state index contributed by atoms with van der Waals surface area (Å²) in [7, 11) is 0. The van der Waals surface area contributed by atoms with Crippen LogP contribution in [0.1, 0.15) is 35.6 Å². The van der Waals surface area contributed by atoms with E-state index >= 15 is 0 Å². The topological polar surface area (TPSA) is 60.4 Å². The van der Waals surface area contributed by atoms with E-state index in [1.54, 1.807) is 18.2 Å². The number of carboxylic acids is 1. The fraction of sp³-hybridized carbons (Fsp3) is 0.148. The molecule has 0 spiro atoms. The highest BCUT2D eigenvalue weighted by molar-refractivity contribution is 7.91. The lowest BCUT2D eigenvalue weighted by Gasteiger charge is -2.11. The van der Waals surface area contributed by atoms with Crippen molar-refractivity contribution < 1.29 is 23.2 Å². The second kappa shape index (κ2) is 9.73. The average molecular weight is 465 g/mol. The highest BCUT2D eigenvalue weighted by Crippen LogP contribution is 2.43. The van der Waals surface area contributed by atoms with Crippen LogP contribution in [0.2, 0.25) is 0 Å². The Balaban J connectivity index is 1.54. The molecule has 0 aromatic heterocycles. The Morgan fingerprint density at radius 3 is 2.30 bits per heavy atom. The predicted octanol–water partition coefficient (Wildman–Crippen LogP) is 6.12. The van der Waals surface area contributed by atoms with E-state index < -0.39 is 23.0 Å².